The molecule has 0 saturated heterocycles. The number of para-hydroxylation sites is 1. The number of hydrogen-bond donors (Lipinski definition) is 2. The van der Waals surface area contributed by atoms with E-state index in [1.807, 2.05) is 19.1 Å². The van der Waals surface area contributed by atoms with E-state index in [1.54, 1.807) is 12.1 Å². The van der Waals surface area contributed by atoms with Crippen LogP contribution in [0.2, 0.25) is 0 Å². The van der Waals surface area contributed by atoms with E-state index in [-0.39, 0.29) is 0 Å². The van der Waals surface area contributed by atoms with Gasteiger partial charge in [0.2, 0.25) is 0 Å². The molecule has 0 spiro atoms. The quantitative estimate of drug-likeness (QED) is 0.565. The average Bonchev–Trinajstić information content (AvgIpc) is 2.26. The monoisotopic (exact) mass is 205 g/mol. The second kappa shape index (κ2) is 5.89. The van der Waals surface area contributed by atoms with Crippen LogP contribution >= 0.6 is 0 Å². The molecule has 0 unspecified atom stereocenters. The summed E-state index contributed by atoms with van der Waals surface area (Å²) in [7, 11) is 0. The van der Waals surface area contributed by atoms with Crippen molar-refractivity contribution in [3.05, 3.63) is 23.8 Å². The molecule has 0 aliphatic carbocycles. The smallest absolute Gasteiger partial charge is 0.101 e. The highest BCUT2D eigenvalue weighted by atomic mass is 16.5. The average molecular weight is 205 g/mol. The normalized spacial score (nSPS) is 9.60. The molecule has 0 fully saturated rings. The maximum absolute atomic E-state index is 8.77. The van der Waals surface area contributed by atoms with Gasteiger partial charge in [-0.15, -0.1) is 0 Å². The predicted molar refractivity (Wildman–Crippen MR) is 60.6 cm³/mol. The van der Waals surface area contributed by atoms with Gasteiger partial charge < -0.3 is 15.8 Å². The summed E-state index contributed by atoms with van der Waals surface area (Å²) in [6.07, 6.45) is 0. The third-order valence-corrected chi connectivity index (χ3v) is 1.99. The zero-order valence-corrected chi connectivity index (χ0v) is 8.79. The van der Waals surface area contributed by atoms with Crippen LogP contribution in [0.25, 0.3) is 0 Å². The first-order valence-electron chi connectivity index (χ1n) is 4.89. The number of hydrogen-bond acceptors (Lipinski definition) is 4. The van der Waals surface area contributed by atoms with Crippen molar-refractivity contribution >= 4 is 11.4 Å². The van der Waals surface area contributed by atoms with Gasteiger partial charge in [-0.2, -0.15) is 5.26 Å². The van der Waals surface area contributed by atoms with Gasteiger partial charge in [-0.1, -0.05) is 6.07 Å². The Morgan fingerprint density at radius 2 is 2.33 bits per heavy atom. The molecule has 80 valence electrons. The van der Waals surface area contributed by atoms with Gasteiger partial charge in [0.05, 0.1) is 23.5 Å². The molecular formula is C11H15N3O. The molecule has 4 nitrogen and oxygen atoms in total. The molecule has 0 atom stereocenters. The molecule has 1 rings (SSSR count). The summed E-state index contributed by atoms with van der Waals surface area (Å²) < 4.78 is 5.18. The lowest BCUT2D eigenvalue weighted by atomic mass is 10.1. The Balaban J connectivity index is 2.58. The fourth-order valence-electron chi connectivity index (χ4n) is 1.22. The zero-order chi connectivity index (χ0) is 11.1. The number of nitrogens with zero attached hydrogens (tertiary/aromatic N) is 1. The molecular weight excluding hydrogens is 190 g/mol. The summed E-state index contributed by atoms with van der Waals surface area (Å²) in [6.45, 7) is 3.97. The van der Waals surface area contributed by atoms with Crippen molar-refractivity contribution in [1.29, 1.82) is 5.26 Å². The molecule has 0 aliphatic rings. The van der Waals surface area contributed by atoms with Crippen molar-refractivity contribution in [3.63, 3.8) is 0 Å². The topological polar surface area (TPSA) is 71.1 Å². The molecule has 0 bridgehead atoms. The molecule has 0 amide bonds. The molecule has 1 aromatic carbocycles. The molecule has 0 radical (unpaired) electrons. The van der Waals surface area contributed by atoms with Crippen molar-refractivity contribution < 1.29 is 4.74 Å². The van der Waals surface area contributed by atoms with Crippen LogP contribution in [0.5, 0.6) is 0 Å². The maximum Gasteiger partial charge on any atom is 0.101 e. The first kappa shape index (κ1) is 11.3. The van der Waals surface area contributed by atoms with Crippen LogP contribution in [0.1, 0.15) is 12.5 Å². The van der Waals surface area contributed by atoms with E-state index in [1.165, 1.54) is 0 Å². The van der Waals surface area contributed by atoms with Gasteiger partial charge in [-0.25, -0.2) is 0 Å². The van der Waals surface area contributed by atoms with E-state index in [0.717, 1.165) is 5.69 Å². The van der Waals surface area contributed by atoms with Crippen LogP contribution < -0.4 is 11.1 Å². The van der Waals surface area contributed by atoms with Gasteiger partial charge in [0, 0.05) is 13.2 Å². The van der Waals surface area contributed by atoms with E-state index in [4.69, 9.17) is 15.7 Å². The fraction of sp³-hybridized carbons (Fsp3) is 0.364. The number of rotatable bonds is 5. The summed E-state index contributed by atoms with van der Waals surface area (Å²) in [6, 6.07) is 7.39. The Morgan fingerprint density at radius 3 is 3.00 bits per heavy atom. The Hall–Kier alpha value is -1.73. The number of anilines is 2. The predicted octanol–water partition coefficient (Wildman–Crippen LogP) is 1.59. The van der Waals surface area contributed by atoms with Gasteiger partial charge in [0.25, 0.3) is 0 Å². The minimum absolute atomic E-state index is 0.497. The summed E-state index contributed by atoms with van der Waals surface area (Å²) in [5.41, 5.74) is 7.56. The van der Waals surface area contributed by atoms with Crippen molar-refractivity contribution in [2.45, 2.75) is 6.92 Å². The molecule has 15 heavy (non-hydrogen) atoms. The summed E-state index contributed by atoms with van der Waals surface area (Å²) >= 11 is 0. The van der Waals surface area contributed by atoms with Gasteiger partial charge in [-0.3, -0.25) is 0 Å². The SMILES string of the molecule is CCOCCNc1cccc(C#N)c1N. The first-order valence-corrected chi connectivity index (χ1v) is 4.89. The van der Waals surface area contributed by atoms with Gasteiger partial charge >= 0.3 is 0 Å². The fourth-order valence-corrected chi connectivity index (χ4v) is 1.22. The summed E-state index contributed by atoms with van der Waals surface area (Å²) in [4.78, 5) is 0. The van der Waals surface area contributed by atoms with Crippen LogP contribution in [-0.4, -0.2) is 19.8 Å². The highest BCUT2D eigenvalue weighted by molar-refractivity contribution is 5.72. The van der Waals surface area contributed by atoms with Crippen LogP contribution in [0.3, 0.4) is 0 Å². The highest BCUT2D eigenvalue weighted by Gasteiger charge is 2.02. The van der Waals surface area contributed by atoms with E-state index < -0.39 is 0 Å². The van der Waals surface area contributed by atoms with E-state index >= 15 is 0 Å². The number of benzene rings is 1. The zero-order valence-electron chi connectivity index (χ0n) is 8.79. The Labute approximate surface area is 89.7 Å². The Morgan fingerprint density at radius 1 is 1.53 bits per heavy atom. The number of nitrogen functional groups attached to an aromatic ring is 1. The number of nitrogens with two attached hydrogens (primary N) is 1. The second-order valence-electron chi connectivity index (χ2n) is 3.00. The molecule has 0 aromatic heterocycles. The van der Waals surface area contributed by atoms with Crippen molar-refractivity contribution in [2.24, 2.45) is 0 Å². The van der Waals surface area contributed by atoms with E-state index in [2.05, 4.69) is 5.32 Å². The standard InChI is InChI=1S/C11H15N3O/c1-2-15-7-6-14-10-5-3-4-9(8-12)11(10)13/h3-5,14H,2,6-7,13H2,1H3. The van der Waals surface area contributed by atoms with Crippen molar-refractivity contribution in [1.82, 2.24) is 0 Å². The van der Waals surface area contributed by atoms with Crippen molar-refractivity contribution in [3.8, 4) is 6.07 Å². The second-order valence-corrected chi connectivity index (χ2v) is 3.00. The lowest BCUT2D eigenvalue weighted by molar-refractivity contribution is 0.158. The van der Waals surface area contributed by atoms with Crippen LogP contribution in [-0.2, 0) is 4.74 Å². The van der Waals surface area contributed by atoms with Gasteiger partial charge in [0.15, 0.2) is 0 Å². The number of ether oxygens (including phenoxy) is 1. The number of nitrogens with one attached hydrogen (secondary N) is 1. The molecule has 0 aliphatic heterocycles. The molecule has 4 heteroatoms. The van der Waals surface area contributed by atoms with E-state index in [9.17, 15) is 0 Å². The molecule has 0 saturated carbocycles. The third kappa shape index (κ3) is 3.15. The van der Waals surface area contributed by atoms with Crippen molar-refractivity contribution in [2.75, 3.05) is 30.8 Å². The van der Waals surface area contributed by atoms with Crippen LogP contribution in [0.15, 0.2) is 18.2 Å². The minimum Gasteiger partial charge on any atom is -0.396 e. The van der Waals surface area contributed by atoms with Gasteiger partial charge in [0.1, 0.15) is 6.07 Å². The third-order valence-electron chi connectivity index (χ3n) is 1.99. The minimum atomic E-state index is 0.497. The molecule has 3 N–H and O–H groups in total. The largest absolute Gasteiger partial charge is 0.396 e. The van der Waals surface area contributed by atoms with E-state index in [0.29, 0.717) is 31.0 Å². The highest BCUT2D eigenvalue weighted by Crippen LogP contribution is 2.21. The lowest BCUT2D eigenvalue weighted by Crippen LogP contribution is -2.10. The maximum atomic E-state index is 8.77. The Kier molecular flexibility index (Phi) is 4.45. The van der Waals surface area contributed by atoms with Crippen LogP contribution in [0.4, 0.5) is 11.4 Å². The lowest BCUT2D eigenvalue weighted by Gasteiger charge is -2.09. The summed E-state index contributed by atoms with van der Waals surface area (Å²) in [5.74, 6) is 0. The summed E-state index contributed by atoms with van der Waals surface area (Å²) in [5, 5.41) is 11.9. The van der Waals surface area contributed by atoms with Crippen LogP contribution in [0, 0.1) is 11.3 Å². The molecule has 0 heterocycles. The number of nitriles is 1. The van der Waals surface area contributed by atoms with Gasteiger partial charge in [-0.05, 0) is 19.1 Å². The first-order chi connectivity index (χ1) is 7.29. The molecule has 1 aromatic rings. The Bertz CT molecular complexity index is 357.